The van der Waals surface area contributed by atoms with Gasteiger partial charge in [0.15, 0.2) is 6.29 Å². The van der Waals surface area contributed by atoms with Crippen molar-refractivity contribution in [1.82, 2.24) is 0 Å². The second-order valence-electron chi connectivity index (χ2n) is 2.55. The van der Waals surface area contributed by atoms with Gasteiger partial charge in [-0.25, -0.2) is 0 Å². The van der Waals surface area contributed by atoms with Crippen molar-refractivity contribution in [2.24, 2.45) is 0 Å². The average Bonchev–Trinajstić information content (AvgIpc) is 2.32. The van der Waals surface area contributed by atoms with Crippen molar-refractivity contribution >= 4 is 0 Å². The molecule has 2 N–H and O–H groups in total. The molecule has 0 bridgehead atoms. The molecule has 0 amide bonds. The summed E-state index contributed by atoms with van der Waals surface area (Å²) in [5, 5.41) is 17.9. The van der Waals surface area contributed by atoms with E-state index in [2.05, 4.69) is 0 Å². The van der Waals surface area contributed by atoms with Gasteiger partial charge in [-0.05, 0) is 6.92 Å². The van der Waals surface area contributed by atoms with Gasteiger partial charge in [-0.2, -0.15) is 0 Å². The highest BCUT2D eigenvalue weighted by Crippen LogP contribution is 2.20. The maximum Gasteiger partial charge on any atom is 0.160 e. The van der Waals surface area contributed by atoms with Crippen molar-refractivity contribution in [1.29, 1.82) is 0 Å². The van der Waals surface area contributed by atoms with Gasteiger partial charge in [-0.1, -0.05) is 0 Å². The van der Waals surface area contributed by atoms with Crippen LogP contribution in [0.15, 0.2) is 0 Å². The van der Waals surface area contributed by atoms with Crippen LogP contribution >= 0.6 is 0 Å². The highest BCUT2D eigenvalue weighted by atomic mass is 16.7. The Morgan fingerprint density at radius 3 is 2.82 bits per heavy atom. The number of hydrogen-bond acceptors (Lipinski definition) is 4. The summed E-state index contributed by atoms with van der Waals surface area (Å²) in [6.07, 6.45) is -0.936. The Hall–Kier alpha value is -0.160. The van der Waals surface area contributed by atoms with E-state index in [4.69, 9.17) is 14.6 Å². The van der Waals surface area contributed by atoms with E-state index in [-0.39, 0.29) is 12.9 Å². The van der Waals surface area contributed by atoms with E-state index in [0.717, 1.165) is 0 Å². The molecule has 1 aliphatic rings. The second-order valence-corrected chi connectivity index (χ2v) is 2.55. The SMILES string of the molecule is CCO[C@@H]1C[C@H](O)[C@H](CO)O1. The standard InChI is InChI=1S/C7H14O4/c1-2-10-7-3-5(9)6(4-8)11-7/h5-9H,2-4H2,1H3/t5-,6-,7-/m0/s1. The van der Waals surface area contributed by atoms with Crippen molar-refractivity contribution in [3.8, 4) is 0 Å². The largest absolute Gasteiger partial charge is 0.394 e. The van der Waals surface area contributed by atoms with Crippen LogP contribution in [0, 0.1) is 0 Å². The zero-order valence-corrected chi connectivity index (χ0v) is 6.56. The summed E-state index contributed by atoms with van der Waals surface area (Å²) in [5.41, 5.74) is 0. The molecule has 1 aliphatic heterocycles. The molecule has 0 aliphatic carbocycles. The van der Waals surface area contributed by atoms with Crippen LogP contribution in [0.1, 0.15) is 13.3 Å². The topological polar surface area (TPSA) is 58.9 Å². The molecule has 1 rings (SSSR count). The van der Waals surface area contributed by atoms with Crippen molar-refractivity contribution in [2.75, 3.05) is 13.2 Å². The summed E-state index contributed by atoms with van der Waals surface area (Å²) in [4.78, 5) is 0. The lowest BCUT2D eigenvalue weighted by Gasteiger charge is -2.10. The Morgan fingerprint density at radius 1 is 1.64 bits per heavy atom. The third-order valence-electron chi connectivity index (χ3n) is 1.72. The van der Waals surface area contributed by atoms with Crippen LogP contribution in [0.2, 0.25) is 0 Å². The monoisotopic (exact) mass is 162 g/mol. The minimum absolute atomic E-state index is 0.148. The summed E-state index contributed by atoms with van der Waals surface area (Å²) < 4.78 is 10.3. The predicted molar refractivity (Wildman–Crippen MR) is 38.0 cm³/mol. The van der Waals surface area contributed by atoms with E-state index >= 15 is 0 Å². The molecule has 3 atom stereocenters. The highest BCUT2D eigenvalue weighted by molar-refractivity contribution is 4.76. The van der Waals surface area contributed by atoms with Crippen molar-refractivity contribution in [3.05, 3.63) is 0 Å². The van der Waals surface area contributed by atoms with E-state index in [1.54, 1.807) is 0 Å². The van der Waals surface area contributed by atoms with E-state index in [9.17, 15) is 5.11 Å². The zero-order chi connectivity index (χ0) is 8.27. The van der Waals surface area contributed by atoms with Crippen molar-refractivity contribution < 1.29 is 19.7 Å². The number of ether oxygens (including phenoxy) is 2. The van der Waals surface area contributed by atoms with Crippen molar-refractivity contribution in [3.63, 3.8) is 0 Å². The molecule has 0 aromatic rings. The van der Waals surface area contributed by atoms with Crippen LogP contribution in [0.4, 0.5) is 0 Å². The molecule has 1 heterocycles. The van der Waals surface area contributed by atoms with Crippen LogP contribution in [-0.4, -0.2) is 41.9 Å². The molecule has 0 radical (unpaired) electrons. The molecule has 1 fully saturated rings. The summed E-state index contributed by atoms with van der Waals surface area (Å²) >= 11 is 0. The summed E-state index contributed by atoms with van der Waals surface area (Å²) in [6, 6.07) is 0. The van der Waals surface area contributed by atoms with Gasteiger partial charge in [-0.3, -0.25) is 0 Å². The van der Waals surface area contributed by atoms with Gasteiger partial charge in [0, 0.05) is 13.0 Å². The molecule has 4 nitrogen and oxygen atoms in total. The van der Waals surface area contributed by atoms with Gasteiger partial charge < -0.3 is 19.7 Å². The Labute approximate surface area is 65.7 Å². The first-order valence-electron chi connectivity index (χ1n) is 3.84. The second kappa shape index (κ2) is 4.01. The predicted octanol–water partition coefficient (Wildman–Crippen LogP) is -0.509. The number of aliphatic hydroxyl groups is 2. The Balaban J connectivity index is 2.30. The Morgan fingerprint density at radius 2 is 2.36 bits per heavy atom. The maximum absolute atomic E-state index is 9.22. The highest BCUT2D eigenvalue weighted by Gasteiger charge is 2.33. The minimum Gasteiger partial charge on any atom is -0.394 e. The van der Waals surface area contributed by atoms with E-state index in [1.807, 2.05) is 6.92 Å². The lowest BCUT2D eigenvalue weighted by Crippen LogP contribution is -2.24. The van der Waals surface area contributed by atoms with Gasteiger partial charge in [0.05, 0.1) is 12.7 Å². The molecular formula is C7H14O4. The lowest BCUT2D eigenvalue weighted by molar-refractivity contribution is -0.140. The first kappa shape index (κ1) is 8.93. The fraction of sp³-hybridized carbons (Fsp3) is 1.00. The first-order valence-corrected chi connectivity index (χ1v) is 3.84. The Bertz CT molecular complexity index is 117. The molecule has 0 aromatic heterocycles. The number of aliphatic hydroxyl groups excluding tert-OH is 2. The van der Waals surface area contributed by atoms with Crippen LogP contribution in [0.5, 0.6) is 0 Å². The van der Waals surface area contributed by atoms with E-state index in [0.29, 0.717) is 13.0 Å². The normalized spacial score (nSPS) is 37.9. The van der Waals surface area contributed by atoms with Crippen LogP contribution < -0.4 is 0 Å². The molecule has 4 heteroatoms. The fourth-order valence-electron chi connectivity index (χ4n) is 1.15. The fourth-order valence-corrected chi connectivity index (χ4v) is 1.15. The quantitative estimate of drug-likeness (QED) is 0.587. The average molecular weight is 162 g/mol. The third-order valence-corrected chi connectivity index (χ3v) is 1.72. The van der Waals surface area contributed by atoms with Crippen LogP contribution in [0.3, 0.4) is 0 Å². The van der Waals surface area contributed by atoms with Crippen molar-refractivity contribution in [2.45, 2.75) is 31.8 Å². The van der Waals surface area contributed by atoms with E-state index < -0.39 is 12.2 Å². The molecule has 0 saturated carbocycles. The zero-order valence-electron chi connectivity index (χ0n) is 6.56. The third kappa shape index (κ3) is 2.13. The minimum atomic E-state index is -0.587. The van der Waals surface area contributed by atoms with Gasteiger partial charge in [0.25, 0.3) is 0 Å². The Kier molecular flexibility index (Phi) is 3.26. The first-order chi connectivity index (χ1) is 5.27. The van der Waals surface area contributed by atoms with Gasteiger partial charge in [-0.15, -0.1) is 0 Å². The van der Waals surface area contributed by atoms with Gasteiger partial charge in [0.2, 0.25) is 0 Å². The van der Waals surface area contributed by atoms with Gasteiger partial charge >= 0.3 is 0 Å². The molecular weight excluding hydrogens is 148 g/mol. The van der Waals surface area contributed by atoms with Crippen LogP contribution in [0.25, 0.3) is 0 Å². The molecule has 0 aromatic carbocycles. The molecule has 66 valence electrons. The summed E-state index contributed by atoms with van der Waals surface area (Å²) in [5.74, 6) is 0. The molecule has 0 unspecified atom stereocenters. The molecule has 11 heavy (non-hydrogen) atoms. The van der Waals surface area contributed by atoms with Crippen LogP contribution in [-0.2, 0) is 9.47 Å². The maximum atomic E-state index is 9.22. The molecule has 1 saturated heterocycles. The van der Waals surface area contributed by atoms with Gasteiger partial charge in [0.1, 0.15) is 6.10 Å². The summed E-state index contributed by atoms with van der Waals surface area (Å²) in [7, 11) is 0. The smallest absolute Gasteiger partial charge is 0.160 e. The number of hydrogen-bond donors (Lipinski definition) is 2. The lowest BCUT2D eigenvalue weighted by atomic mass is 10.2. The summed E-state index contributed by atoms with van der Waals surface area (Å²) in [6.45, 7) is 2.28. The van der Waals surface area contributed by atoms with E-state index in [1.165, 1.54) is 0 Å². The molecule has 0 spiro atoms. The number of rotatable bonds is 3.